The summed E-state index contributed by atoms with van der Waals surface area (Å²) in [6.45, 7) is 3.97. The molecule has 2 amide bonds. The van der Waals surface area contributed by atoms with Crippen LogP contribution in [0.4, 0.5) is 5.13 Å². The summed E-state index contributed by atoms with van der Waals surface area (Å²) in [6.07, 6.45) is 0. The second-order valence-electron chi connectivity index (χ2n) is 6.38. The van der Waals surface area contributed by atoms with E-state index in [1.807, 2.05) is 43.3 Å². The highest BCUT2D eigenvalue weighted by Crippen LogP contribution is 2.35. The molecule has 1 aromatic carbocycles. The van der Waals surface area contributed by atoms with Gasteiger partial charge in [-0.3, -0.25) is 9.59 Å². The summed E-state index contributed by atoms with van der Waals surface area (Å²) >= 11 is 4.26. The number of nitrogens with one attached hydrogen (secondary N) is 2. The monoisotopic (exact) mass is 458 g/mol. The molecule has 3 heterocycles. The fraction of sp³-hybridized carbons (Fsp3) is 0.200. The number of oxazole rings is 1. The summed E-state index contributed by atoms with van der Waals surface area (Å²) in [7, 11) is 0. The number of thioether (sulfide) groups is 1. The number of thiazole rings is 1. The molecule has 4 rings (SSSR count). The van der Waals surface area contributed by atoms with E-state index in [0.29, 0.717) is 22.5 Å². The lowest BCUT2D eigenvalue weighted by molar-refractivity contribution is -0.119. The average molecular weight is 459 g/mol. The number of anilines is 1. The first-order valence-corrected chi connectivity index (χ1v) is 11.7. The third-order valence-electron chi connectivity index (χ3n) is 4.05. The van der Waals surface area contributed by atoms with Crippen molar-refractivity contribution >= 4 is 62.5 Å². The van der Waals surface area contributed by atoms with E-state index < -0.39 is 0 Å². The van der Waals surface area contributed by atoms with Gasteiger partial charge in [0, 0.05) is 16.7 Å². The molecule has 0 unspecified atom stereocenters. The molecule has 7 nitrogen and oxygen atoms in total. The minimum absolute atomic E-state index is 0.0597. The second-order valence-corrected chi connectivity index (χ2v) is 9.68. The predicted molar refractivity (Wildman–Crippen MR) is 121 cm³/mol. The summed E-state index contributed by atoms with van der Waals surface area (Å²) in [5, 5.41) is 6.66. The number of fused-ring (bicyclic) bond motifs is 1. The molecule has 0 saturated carbocycles. The summed E-state index contributed by atoms with van der Waals surface area (Å²) in [5.74, 6) is -0.0451. The van der Waals surface area contributed by atoms with Crippen LogP contribution in [0.5, 0.6) is 0 Å². The Balaban J connectivity index is 1.37. The number of benzene rings is 1. The van der Waals surface area contributed by atoms with E-state index in [9.17, 15) is 9.59 Å². The topological polar surface area (TPSA) is 97.1 Å². The zero-order valence-electron chi connectivity index (χ0n) is 16.2. The Labute approximate surface area is 184 Å². The highest BCUT2D eigenvalue weighted by molar-refractivity contribution is 7.99. The SMILES string of the molecule is CC(=O)NCc1ccc(-c2nc(NC(=O)CSc3nc4ccccc4o3)sc2C)s1. The number of hydrogen-bond acceptors (Lipinski definition) is 8. The van der Waals surface area contributed by atoms with Crippen LogP contribution in [-0.2, 0) is 16.1 Å². The molecular formula is C20H18N4O3S3. The van der Waals surface area contributed by atoms with Gasteiger partial charge in [-0.1, -0.05) is 23.9 Å². The van der Waals surface area contributed by atoms with Gasteiger partial charge in [-0.05, 0) is 31.2 Å². The molecule has 154 valence electrons. The van der Waals surface area contributed by atoms with Crippen LogP contribution in [0.2, 0.25) is 0 Å². The van der Waals surface area contributed by atoms with E-state index >= 15 is 0 Å². The molecular weight excluding hydrogens is 440 g/mol. The number of hydrogen-bond donors (Lipinski definition) is 2. The summed E-state index contributed by atoms with van der Waals surface area (Å²) in [4.78, 5) is 35.4. The van der Waals surface area contributed by atoms with Gasteiger partial charge in [-0.15, -0.1) is 22.7 Å². The van der Waals surface area contributed by atoms with Crippen LogP contribution in [-0.4, -0.2) is 27.5 Å². The number of para-hydroxylation sites is 2. The van der Waals surface area contributed by atoms with Gasteiger partial charge in [0.05, 0.1) is 22.9 Å². The van der Waals surface area contributed by atoms with Crippen LogP contribution in [0.25, 0.3) is 21.7 Å². The Bertz CT molecular complexity index is 1180. The third kappa shape index (κ3) is 4.89. The lowest BCUT2D eigenvalue weighted by atomic mass is 10.3. The number of thiophene rings is 1. The maximum Gasteiger partial charge on any atom is 0.257 e. The van der Waals surface area contributed by atoms with Gasteiger partial charge < -0.3 is 15.1 Å². The normalized spacial score (nSPS) is 11.0. The molecule has 0 aliphatic heterocycles. The molecule has 2 N–H and O–H groups in total. The zero-order valence-corrected chi connectivity index (χ0v) is 18.7. The Kier molecular flexibility index (Phi) is 6.16. The van der Waals surface area contributed by atoms with Crippen molar-refractivity contribution in [2.24, 2.45) is 0 Å². The summed E-state index contributed by atoms with van der Waals surface area (Å²) in [5.41, 5.74) is 2.32. The molecule has 4 aromatic rings. The van der Waals surface area contributed by atoms with Crippen molar-refractivity contribution in [3.05, 3.63) is 46.2 Å². The zero-order chi connectivity index (χ0) is 21.1. The number of aromatic nitrogens is 2. The van der Waals surface area contributed by atoms with Gasteiger partial charge in [0.2, 0.25) is 11.8 Å². The van der Waals surface area contributed by atoms with Crippen molar-refractivity contribution in [1.29, 1.82) is 0 Å². The minimum Gasteiger partial charge on any atom is -0.431 e. The van der Waals surface area contributed by atoms with E-state index in [2.05, 4.69) is 20.6 Å². The number of rotatable bonds is 7. The highest BCUT2D eigenvalue weighted by atomic mass is 32.2. The van der Waals surface area contributed by atoms with Crippen molar-refractivity contribution in [2.75, 3.05) is 11.1 Å². The van der Waals surface area contributed by atoms with E-state index in [4.69, 9.17) is 4.42 Å². The summed E-state index contributed by atoms with van der Waals surface area (Å²) in [6, 6.07) is 11.5. The molecule has 0 saturated heterocycles. The standard InChI is InChI=1S/C20H18N4O3S3/c1-11-18(16-8-7-13(30-16)9-21-12(2)25)24-19(29-11)23-17(26)10-28-20-22-14-5-3-4-6-15(14)27-20/h3-8H,9-10H2,1-2H3,(H,21,25)(H,23,24,26). The van der Waals surface area contributed by atoms with Crippen LogP contribution in [0.3, 0.4) is 0 Å². The second kappa shape index (κ2) is 8.99. The van der Waals surface area contributed by atoms with Crippen molar-refractivity contribution < 1.29 is 14.0 Å². The Hall–Kier alpha value is -2.69. The number of carbonyl (C=O) groups is 2. The molecule has 0 fully saturated rings. The molecule has 0 aliphatic rings. The van der Waals surface area contributed by atoms with E-state index in [-0.39, 0.29) is 17.6 Å². The molecule has 0 radical (unpaired) electrons. The van der Waals surface area contributed by atoms with Crippen LogP contribution < -0.4 is 10.6 Å². The van der Waals surface area contributed by atoms with E-state index in [1.165, 1.54) is 30.0 Å². The summed E-state index contributed by atoms with van der Waals surface area (Å²) < 4.78 is 5.62. The first-order valence-electron chi connectivity index (χ1n) is 9.07. The number of nitrogens with zero attached hydrogens (tertiary/aromatic N) is 2. The molecule has 0 spiro atoms. The maximum absolute atomic E-state index is 12.3. The first-order chi connectivity index (χ1) is 14.5. The minimum atomic E-state index is -0.167. The van der Waals surface area contributed by atoms with Gasteiger partial charge in [0.25, 0.3) is 5.22 Å². The van der Waals surface area contributed by atoms with Crippen LogP contribution >= 0.6 is 34.4 Å². The van der Waals surface area contributed by atoms with Gasteiger partial charge in [0.15, 0.2) is 10.7 Å². The smallest absolute Gasteiger partial charge is 0.257 e. The molecule has 0 aliphatic carbocycles. The molecule has 30 heavy (non-hydrogen) atoms. The van der Waals surface area contributed by atoms with Crippen LogP contribution in [0.1, 0.15) is 16.7 Å². The van der Waals surface area contributed by atoms with Crippen LogP contribution in [0.15, 0.2) is 46.0 Å². The maximum atomic E-state index is 12.3. The Morgan fingerprint density at radius 1 is 1.13 bits per heavy atom. The van der Waals surface area contributed by atoms with Crippen LogP contribution in [0, 0.1) is 6.92 Å². The van der Waals surface area contributed by atoms with Gasteiger partial charge in [-0.2, -0.15) is 0 Å². The van der Waals surface area contributed by atoms with E-state index in [1.54, 1.807) is 11.3 Å². The van der Waals surface area contributed by atoms with Gasteiger partial charge in [-0.25, -0.2) is 9.97 Å². The van der Waals surface area contributed by atoms with Crippen molar-refractivity contribution in [3.8, 4) is 10.6 Å². The number of aryl methyl sites for hydroxylation is 1. The predicted octanol–water partition coefficient (Wildman–Crippen LogP) is 4.69. The lowest BCUT2D eigenvalue weighted by Gasteiger charge is -1.99. The van der Waals surface area contributed by atoms with E-state index in [0.717, 1.165) is 25.8 Å². The van der Waals surface area contributed by atoms with Crippen molar-refractivity contribution in [2.45, 2.75) is 25.6 Å². The highest BCUT2D eigenvalue weighted by Gasteiger charge is 2.15. The molecule has 10 heteroatoms. The fourth-order valence-electron chi connectivity index (χ4n) is 2.69. The van der Waals surface area contributed by atoms with Gasteiger partial charge >= 0.3 is 0 Å². The molecule has 0 atom stereocenters. The number of amides is 2. The largest absolute Gasteiger partial charge is 0.431 e. The quantitative estimate of drug-likeness (QED) is 0.390. The Morgan fingerprint density at radius 3 is 2.77 bits per heavy atom. The fourth-order valence-corrected chi connectivity index (χ4v) is 5.23. The first kappa shape index (κ1) is 20.6. The molecule has 3 aromatic heterocycles. The lowest BCUT2D eigenvalue weighted by Crippen LogP contribution is -2.17. The third-order valence-corrected chi connectivity index (χ3v) is 6.86. The number of carbonyl (C=O) groups excluding carboxylic acids is 2. The van der Waals surface area contributed by atoms with Crippen molar-refractivity contribution in [1.82, 2.24) is 15.3 Å². The van der Waals surface area contributed by atoms with Crippen molar-refractivity contribution in [3.63, 3.8) is 0 Å². The average Bonchev–Trinajstić information content (AvgIpc) is 3.42. The Morgan fingerprint density at radius 2 is 1.97 bits per heavy atom. The van der Waals surface area contributed by atoms with Gasteiger partial charge in [0.1, 0.15) is 5.52 Å². The molecule has 0 bridgehead atoms.